The van der Waals surface area contributed by atoms with Gasteiger partial charge in [0, 0.05) is 6.61 Å². The van der Waals surface area contributed by atoms with E-state index in [4.69, 9.17) is 14.2 Å². The molecule has 0 aromatic heterocycles. The van der Waals surface area contributed by atoms with Gasteiger partial charge in [-0.1, -0.05) is 26.2 Å². The van der Waals surface area contributed by atoms with Crippen LogP contribution in [0.2, 0.25) is 0 Å². The Morgan fingerprint density at radius 2 is 1.44 bits per heavy atom. The molecule has 0 aromatic rings. The number of ether oxygens (including phenoxy) is 4. The molecule has 0 aliphatic rings. The number of carbonyl (C=O) groups excluding carboxylic acids is 1. The van der Waals surface area contributed by atoms with Gasteiger partial charge in [0.15, 0.2) is 0 Å². The second-order valence-corrected chi connectivity index (χ2v) is 3.91. The molecule has 0 rings (SSSR count). The zero-order valence-corrected chi connectivity index (χ0v) is 11.6. The number of hydrogen-bond donors (Lipinski definition) is 0. The first-order valence-electron chi connectivity index (χ1n) is 6.61. The first kappa shape index (κ1) is 17.4. The normalized spacial score (nSPS) is 10.6. The van der Waals surface area contributed by atoms with E-state index in [9.17, 15) is 4.79 Å². The molecule has 0 spiro atoms. The van der Waals surface area contributed by atoms with E-state index in [1.165, 1.54) is 26.4 Å². The van der Waals surface area contributed by atoms with Crippen molar-refractivity contribution in [1.82, 2.24) is 0 Å². The Balaban J connectivity index is 2.97. The highest BCUT2D eigenvalue weighted by Crippen LogP contribution is 1.98. The van der Waals surface area contributed by atoms with E-state index in [1.807, 2.05) is 0 Å². The molecule has 0 radical (unpaired) electrons. The van der Waals surface area contributed by atoms with Crippen LogP contribution in [0.4, 0.5) is 0 Å². The number of methoxy groups -OCH3 is 1. The molecule has 0 aliphatic heterocycles. The number of esters is 1. The van der Waals surface area contributed by atoms with E-state index < -0.39 is 0 Å². The molecule has 5 nitrogen and oxygen atoms in total. The zero-order chi connectivity index (χ0) is 13.5. The minimum atomic E-state index is -0.370. The number of unbranched alkanes of at least 4 members (excludes halogenated alkanes) is 3. The topological polar surface area (TPSA) is 54.0 Å². The Labute approximate surface area is 110 Å². The Kier molecular flexibility index (Phi) is 13.9. The Hall–Kier alpha value is -0.650. The number of rotatable bonds is 13. The van der Waals surface area contributed by atoms with Crippen LogP contribution in [0.15, 0.2) is 0 Å². The van der Waals surface area contributed by atoms with E-state index in [2.05, 4.69) is 11.7 Å². The standard InChI is InChI=1S/C13H26O5/c1-3-4-5-6-7-16-8-9-17-10-11-18-12-13(14)15-2/h3-12H2,1-2H3. The lowest BCUT2D eigenvalue weighted by Crippen LogP contribution is -2.14. The first-order chi connectivity index (χ1) is 8.81. The van der Waals surface area contributed by atoms with Crippen LogP contribution in [-0.2, 0) is 23.7 Å². The molecule has 18 heavy (non-hydrogen) atoms. The van der Waals surface area contributed by atoms with Gasteiger partial charge >= 0.3 is 5.97 Å². The summed E-state index contributed by atoms with van der Waals surface area (Å²) in [5.74, 6) is -0.370. The molecule has 0 heterocycles. The second-order valence-electron chi connectivity index (χ2n) is 3.91. The van der Waals surface area contributed by atoms with Gasteiger partial charge in [0.05, 0.1) is 33.5 Å². The third kappa shape index (κ3) is 13.4. The lowest BCUT2D eigenvalue weighted by Gasteiger charge is -2.06. The third-order valence-electron chi connectivity index (χ3n) is 2.33. The van der Waals surface area contributed by atoms with Crippen molar-refractivity contribution in [2.75, 3.05) is 46.8 Å². The highest BCUT2D eigenvalue weighted by molar-refractivity contribution is 5.70. The van der Waals surface area contributed by atoms with E-state index in [1.54, 1.807) is 0 Å². The molecule has 0 saturated heterocycles. The fraction of sp³-hybridized carbons (Fsp3) is 0.923. The Morgan fingerprint density at radius 1 is 0.833 bits per heavy atom. The molecule has 0 aliphatic carbocycles. The summed E-state index contributed by atoms with van der Waals surface area (Å²) in [7, 11) is 1.33. The van der Waals surface area contributed by atoms with Crippen molar-refractivity contribution in [1.29, 1.82) is 0 Å². The van der Waals surface area contributed by atoms with Crippen LogP contribution < -0.4 is 0 Å². The van der Waals surface area contributed by atoms with Crippen molar-refractivity contribution in [2.45, 2.75) is 32.6 Å². The molecule has 108 valence electrons. The van der Waals surface area contributed by atoms with Crippen LogP contribution in [-0.4, -0.2) is 52.7 Å². The van der Waals surface area contributed by atoms with Gasteiger partial charge in [-0.15, -0.1) is 0 Å². The molecular formula is C13H26O5. The largest absolute Gasteiger partial charge is 0.467 e. The van der Waals surface area contributed by atoms with E-state index in [-0.39, 0.29) is 12.6 Å². The maximum absolute atomic E-state index is 10.7. The summed E-state index contributed by atoms with van der Waals surface area (Å²) >= 11 is 0. The lowest BCUT2D eigenvalue weighted by atomic mass is 10.2. The van der Waals surface area contributed by atoms with Gasteiger partial charge in [-0.2, -0.15) is 0 Å². The number of carbonyl (C=O) groups is 1. The Bertz CT molecular complexity index is 184. The molecule has 0 saturated carbocycles. The van der Waals surface area contributed by atoms with Gasteiger partial charge in [0.1, 0.15) is 6.61 Å². The maximum atomic E-state index is 10.7. The minimum Gasteiger partial charge on any atom is -0.467 e. The molecule has 0 bridgehead atoms. The van der Waals surface area contributed by atoms with Crippen molar-refractivity contribution in [3.63, 3.8) is 0 Å². The zero-order valence-electron chi connectivity index (χ0n) is 11.6. The smallest absolute Gasteiger partial charge is 0.331 e. The summed E-state index contributed by atoms with van der Waals surface area (Å²) in [6.45, 7) is 5.02. The lowest BCUT2D eigenvalue weighted by molar-refractivity contribution is -0.146. The predicted octanol–water partition coefficient (Wildman–Crippen LogP) is 1.79. The van der Waals surface area contributed by atoms with E-state index >= 15 is 0 Å². The predicted molar refractivity (Wildman–Crippen MR) is 68.6 cm³/mol. The Morgan fingerprint density at radius 3 is 2.06 bits per heavy atom. The molecule has 0 atom stereocenters. The molecule has 0 N–H and O–H groups in total. The molecule has 0 fully saturated rings. The monoisotopic (exact) mass is 262 g/mol. The molecule has 5 heteroatoms. The van der Waals surface area contributed by atoms with Crippen molar-refractivity contribution in [3.8, 4) is 0 Å². The minimum absolute atomic E-state index is 0.0201. The fourth-order valence-corrected chi connectivity index (χ4v) is 1.29. The van der Waals surface area contributed by atoms with Crippen molar-refractivity contribution in [3.05, 3.63) is 0 Å². The van der Waals surface area contributed by atoms with Gasteiger partial charge in [0.2, 0.25) is 0 Å². The fourth-order valence-electron chi connectivity index (χ4n) is 1.29. The third-order valence-corrected chi connectivity index (χ3v) is 2.33. The molecule has 0 aromatic carbocycles. The quantitative estimate of drug-likeness (QED) is 0.374. The van der Waals surface area contributed by atoms with Crippen molar-refractivity contribution < 1.29 is 23.7 Å². The maximum Gasteiger partial charge on any atom is 0.331 e. The van der Waals surface area contributed by atoms with Crippen LogP contribution in [0, 0.1) is 0 Å². The highest BCUT2D eigenvalue weighted by Gasteiger charge is 1.98. The van der Waals surface area contributed by atoms with Gasteiger partial charge in [0.25, 0.3) is 0 Å². The van der Waals surface area contributed by atoms with Crippen LogP contribution in [0.1, 0.15) is 32.6 Å². The van der Waals surface area contributed by atoms with Crippen molar-refractivity contribution >= 4 is 5.97 Å². The highest BCUT2D eigenvalue weighted by atomic mass is 16.6. The summed E-state index contributed by atoms with van der Waals surface area (Å²) in [4.78, 5) is 10.7. The van der Waals surface area contributed by atoms with Crippen LogP contribution in [0.5, 0.6) is 0 Å². The summed E-state index contributed by atoms with van der Waals surface area (Å²) in [6, 6.07) is 0. The molecular weight excluding hydrogens is 236 g/mol. The van der Waals surface area contributed by atoms with Crippen molar-refractivity contribution in [2.24, 2.45) is 0 Å². The van der Waals surface area contributed by atoms with Gasteiger partial charge < -0.3 is 18.9 Å². The van der Waals surface area contributed by atoms with Crippen LogP contribution in [0.25, 0.3) is 0 Å². The summed E-state index contributed by atoms with van der Waals surface area (Å²) in [5.41, 5.74) is 0. The van der Waals surface area contributed by atoms with Crippen LogP contribution in [0.3, 0.4) is 0 Å². The van der Waals surface area contributed by atoms with E-state index in [0.717, 1.165) is 13.0 Å². The average molecular weight is 262 g/mol. The summed E-state index contributed by atoms with van der Waals surface area (Å²) < 4.78 is 20.1. The summed E-state index contributed by atoms with van der Waals surface area (Å²) in [5, 5.41) is 0. The van der Waals surface area contributed by atoms with Gasteiger partial charge in [-0.25, -0.2) is 4.79 Å². The van der Waals surface area contributed by atoms with Gasteiger partial charge in [-0.05, 0) is 6.42 Å². The average Bonchev–Trinajstić information content (AvgIpc) is 2.39. The SMILES string of the molecule is CCCCCCOCCOCCOCC(=O)OC. The number of hydrogen-bond acceptors (Lipinski definition) is 5. The second kappa shape index (κ2) is 14.4. The van der Waals surface area contributed by atoms with Crippen LogP contribution >= 0.6 is 0 Å². The van der Waals surface area contributed by atoms with Gasteiger partial charge in [-0.3, -0.25) is 0 Å². The van der Waals surface area contributed by atoms with E-state index in [0.29, 0.717) is 26.4 Å². The first-order valence-corrected chi connectivity index (χ1v) is 6.61. The summed E-state index contributed by atoms with van der Waals surface area (Å²) in [6.07, 6.45) is 4.88. The molecule has 0 amide bonds. The molecule has 0 unspecified atom stereocenters.